The standard InChI is InChI=1S/C15H19ClFNO3/c1-9(2)6-10(7-13(19)20)8-18-15(21)11-4-3-5-12(17)14(11)16/h3-5,9-10H,6-8H2,1-2H3,(H,18,21)(H,19,20)/t10-/m0/s1. The maximum atomic E-state index is 13.3. The van der Waals surface area contributed by atoms with Crippen molar-refractivity contribution in [1.82, 2.24) is 5.32 Å². The Balaban J connectivity index is 2.68. The first-order chi connectivity index (χ1) is 9.81. The SMILES string of the molecule is CC(C)C[C@H](CNC(=O)c1cccc(F)c1Cl)CC(=O)O. The number of carboxylic acids is 1. The van der Waals surface area contributed by atoms with Gasteiger partial charge in [0.2, 0.25) is 0 Å². The van der Waals surface area contributed by atoms with Gasteiger partial charge in [-0.15, -0.1) is 0 Å². The van der Waals surface area contributed by atoms with Crippen LogP contribution in [0.1, 0.15) is 37.0 Å². The first-order valence-corrected chi connectivity index (χ1v) is 7.13. The van der Waals surface area contributed by atoms with Crippen LogP contribution < -0.4 is 5.32 Å². The van der Waals surface area contributed by atoms with Crippen LogP contribution in [0.15, 0.2) is 18.2 Å². The smallest absolute Gasteiger partial charge is 0.303 e. The molecule has 0 aliphatic rings. The average Bonchev–Trinajstić information content (AvgIpc) is 2.37. The van der Waals surface area contributed by atoms with Crippen LogP contribution in [0.5, 0.6) is 0 Å². The lowest BCUT2D eigenvalue weighted by Gasteiger charge is -2.18. The van der Waals surface area contributed by atoms with Crippen molar-refractivity contribution >= 4 is 23.5 Å². The molecule has 0 saturated carbocycles. The van der Waals surface area contributed by atoms with E-state index in [1.807, 2.05) is 13.8 Å². The van der Waals surface area contributed by atoms with Gasteiger partial charge in [0.25, 0.3) is 5.91 Å². The van der Waals surface area contributed by atoms with E-state index >= 15 is 0 Å². The molecule has 4 nitrogen and oxygen atoms in total. The molecule has 0 heterocycles. The van der Waals surface area contributed by atoms with E-state index in [4.69, 9.17) is 16.7 Å². The van der Waals surface area contributed by atoms with Crippen molar-refractivity contribution in [2.45, 2.75) is 26.7 Å². The molecule has 21 heavy (non-hydrogen) atoms. The van der Waals surface area contributed by atoms with Crippen molar-refractivity contribution in [3.05, 3.63) is 34.6 Å². The average molecular weight is 316 g/mol. The molecule has 1 aromatic rings. The summed E-state index contributed by atoms with van der Waals surface area (Å²) in [7, 11) is 0. The van der Waals surface area contributed by atoms with Crippen LogP contribution in [-0.4, -0.2) is 23.5 Å². The van der Waals surface area contributed by atoms with Gasteiger partial charge in [-0.25, -0.2) is 4.39 Å². The Morgan fingerprint density at radius 3 is 2.62 bits per heavy atom. The van der Waals surface area contributed by atoms with E-state index in [1.165, 1.54) is 18.2 Å². The van der Waals surface area contributed by atoms with E-state index in [0.29, 0.717) is 12.3 Å². The number of carbonyl (C=O) groups excluding carboxylic acids is 1. The third-order valence-electron chi connectivity index (χ3n) is 3.02. The first kappa shape index (κ1) is 17.4. The van der Waals surface area contributed by atoms with E-state index in [2.05, 4.69) is 5.32 Å². The zero-order valence-electron chi connectivity index (χ0n) is 12.0. The molecule has 1 amide bonds. The molecule has 0 radical (unpaired) electrons. The molecule has 0 unspecified atom stereocenters. The van der Waals surface area contributed by atoms with Gasteiger partial charge in [-0.05, 0) is 30.4 Å². The molecule has 0 saturated heterocycles. The van der Waals surface area contributed by atoms with Gasteiger partial charge in [0.15, 0.2) is 0 Å². The molecule has 6 heteroatoms. The lowest BCUT2D eigenvalue weighted by atomic mass is 9.94. The molecule has 1 atom stereocenters. The molecule has 0 aliphatic carbocycles. The molecule has 0 fully saturated rings. The molecular formula is C15H19ClFNO3. The molecule has 0 spiro atoms. The fourth-order valence-electron chi connectivity index (χ4n) is 2.16. The van der Waals surface area contributed by atoms with Crippen molar-refractivity contribution in [1.29, 1.82) is 0 Å². The fraction of sp³-hybridized carbons (Fsp3) is 0.467. The molecular weight excluding hydrogens is 297 g/mol. The van der Waals surface area contributed by atoms with Crippen LogP contribution in [0.25, 0.3) is 0 Å². The zero-order valence-corrected chi connectivity index (χ0v) is 12.8. The number of hydrogen-bond donors (Lipinski definition) is 2. The highest BCUT2D eigenvalue weighted by atomic mass is 35.5. The van der Waals surface area contributed by atoms with Crippen molar-refractivity contribution in [3.63, 3.8) is 0 Å². The Labute approximate surface area is 128 Å². The molecule has 1 rings (SSSR count). The van der Waals surface area contributed by atoms with E-state index in [1.54, 1.807) is 0 Å². The van der Waals surface area contributed by atoms with Crippen molar-refractivity contribution in [3.8, 4) is 0 Å². The number of amides is 1. The van der Waals surface area contributed by atoms with E-state index in [-0.39, 0.29) is 29.5 Å². The second-order valence-electron chi connectivity index (χ2n) is 5.40. The number of nitrogens with one attached hydrogen (secondary N) is 1. The number of rotatable bonds is 7. The van der Waals surface area contributed by atoms with Gasteiger partial charge < -0.3 is 10.4 Å². The van der Waals surface area contributed by atoms with Crippen LogP contribution >= 0.6 is 11.6 Å². The minimum Gasteiger partial charge on any atom is -0.481 e. The molecule has 0 aliphatic heterocycles. The Morgan fingerprint density at radius 1 is 1.38 bits per heavy atom. The Morgan fingerprint density at radius 2 is 2.05 bits per heavy atom. The quantitative estimate of drug-likeness (QED) is 0.811. The molecule has 0 bridgehead atoms. The lowest BCUT2D eigenvalue weighted by molar-refractivity contribution is -0.138. The van der Waals surface area contributed by atoms with E-state index < -0.39 is 17.7 Å². The number of carboxylic acid groups (broad SMARTS) is 1. The molecule has 0 aromatic heterocycles. The molecule has 116 valence electrons. The maximum absolute atomic E-state index is 13.3. The summed E-state index contributed by atoms with van der Waals surface area (Å²) in [6, 6.07) is 4.00. The Hall–Kier alpha value is -1.62. The van der Waals surface area contributed by atoms with Crippen LogP contribution in [0.3, 0.4) is 0 Å². The topological polar surface area (TPSA) is 66.4 Å². The lowest BCUT2D eigenvalue weighted by Crippen LogP contribution is -2.31. The molecule has 2 N–H and O–H groups in total. The Bertz CT molecular complexity index is 520. The number of aliphatic carboxylic acids is 1. The summed E-state index contributed by atoms with van der Waals surface area (Å²) >= 11 is 5.74. The highest BCUT2D eigenvalue weighted by Gasteiger charge is 2.18. The monoisotopic (exact) mass is 315 g/mol. The highest BCUT2D eigenvalue weighted by Crippen LogP contribution is 2.20. The van der Waals surface area contributed by atoms with Crippen molar-refractivity contribution in [2.75, 3.05) is 6.54 Å². The van der Waals surface area contributed by atoms with Crippen LogP contribution in [0.2, 0.25) is 5.02 Å². The van der Waals surface area contributed by atoms with Gasteiger partial charge in [-0.3, -0.25) is 9.59 Å². The van der Waals surface area contributed by atoms with E-state index in [9.17, 15) is 14.0 Å². The largest absolute Gasteiger partial charge is 0.481 e. The number of benzene rings is 1. The second kappa shape index (κ2) is 7.98. The van der Waals surface area contributed by atoms with Gasteiger partial charge in [0.05, 0.1) is 10.6 Å². The van der Waals surface area contributed by atoms with Gasteiger partial charge in [0, 0.05) is 13.0 Å². The second-order valence-corrected chi connectivity index (χ2v) is 5.78. The summed E-state index contributed by atoms with van der Waals surface area (Å²) in [5.74, 6) is -1.91. The number of halogens is 2. The van der Waals surface area contributed by atoms with E-state index in [0.717, 1.165) is 0 Å². The van der Waals surface area contributed by atoms with Crippen LogP contribution in [0, 0.1) is 17.7 Å². The van der Waals surface area contributed by atoms with Gasteiger partial charge in [-0.2, -0.15) is 0 Å². The minimum atomic E-state index is -0.904. The summed E-state index contributed by atoms with van der Waals surface area (Å²) in [6.45, 7) is 4.19. The van der Waals surface area contributed by atoms with Crippen LogP contribution in [-0.2, 0) is 4.79 Å². The summed E-state index contributed by atoms with van der Waals surface area (Å²) in [6.07, 6.45) is 0.665. The minimum absolute atomic E-state index is 0.0185. The van der Waals surface area contributed by atoms with Gasteiger partial charge in [-0.1, -0.05) is 31.5 Å². The Kier molecular flexibility index (Phi) is 6.62. The molecule has 1 aromatic carbocycles. The van der Waals surface area contributed by atoms with Crippen molar-refractivity contribution in [2.24, 2.45) is 11.8 Å². The summed E-state index contributed by atoms with van der Waals surface area (Å²) in [4.78, 5) is 22.8. The number of hydrogen-bond acceptors (Lipinski definition) is 2. The highest BCUT2D eigenvalue weighted by molar-refractivity contribution is 6.34. The van der Waals surface area contributed by atoms with Crippen LogP contribution in [0.4, 0.5) is 4.39 Å². The third kappa shape index (κ3) is 5.71. The van der Waals surface area contributed by atoms with Gasteiger partial charge in [0.1, 0.15) is 5.82 Å². The summed E-state index contributed by atoms with van der Waals surface area (Å²) in [5, 5.41) is 11.3. The predicted octanol–water partition coefficient (Wildman–Crippen LogP) is 3.35. The maximum Gasteiger partial charge on any atom is 0.303 e. The zero-order chi connectivity index (χ0) is 16.0. The normalized spacial score (nSPS) is 12.2. The van der Waals surface area contributed by atoms with Gasteiger partial charge >= 0.3 is 5.97 Å². The fourth-order valence-corrected chi connectivity index (χ4v) is 2.38. The third-order valence-corrected chi connectivity index (χ3v) is 3.40. The number of carbonyl (C=O) groups is 2. The van der Waals surface area contributed by atoms with Crippen molar-refractivity contribution < 1.29 is 19.1 Å². The predicted molar refractivity (Wildman–Crippen MR) is 78.9 cm³/mol. The summed E-state index contributed by atoms with van der Waals surface area (Å²) < 4.78 is 13.3. The summed E-state index contributed by atoms with van der Waals surface area (Å²) in [5.41, 5.74) is 0.0512. The first-order valence-electron chi connectivity index (χ1n) is 6.75.